The van der Waals surface area contributed by atoms with Gasteiger partial charge in [0.25, 0.3) is 0 Å². The molecule has 6 heteroatoms. The molecule has 2 amide bonds. The summed E-state index contributed by atoms with van der Waals surface area (Å²) in [5.41, 5.74) is 1.08. The second-order valence-electron chi connectivity index (χ2n) is 4.46. The molecule has 0 bridgehead atoms. The van der Waals surface area contributed by atoms with Crippen LogP contribution in [0.5, 0.6) is 0 Å². The molecule has 2 N–H and O–H groups in total. The normalized spacial score (nSPS) is 17.6. The monoisotopic (exact) mass is 278 g/mol. The summed E-state index contributed by atoms with van der Waals surface area (Å²) in [7, 11) is 0. The van der Waals surface area contributed by atoms with Gasteiger partial charge in [-0.1, -0.05) is 0 Å². The van der Waals surface area contributed by atoms with Gasteiger partial charge in [-0.3, -0.25) is 0 Å². The maximum Gasteiger partial charge on any atom is 0.338 e. The van der Waals surface area contributed by atoms with E-state index in [0.717, 1.165) is 6.42 Å². The zero-order valence-corrected chi connectivity index (χ0v) is 11.3. The van der Waals surface area contributed by atoms with Gasteiger partial charge in [0.2, 0.25) is 0 Å². The van der Waals surface area contributed by atoms with Crippen molar-refractivity contribution in [3.05, 3.63) is 29.8 Å². The third-order valence-corrected chi connectivity index (χ3v) is 2.92. The molecule has 20 heavy (non-hydrogen) atoms. The highest BCUT2D eigenvalue weighted by Gasteiger charge is 2.17. The van der Waals surface area contributed by atoms with Crippen molar-refractivity contribution in [3.8, 4) is 0 Å². The van der Waals surface area contributed by atoms with Crippen LogP contribution in [0, 0.1) is 0 Å². The standard InChI is InChI=1S/C14H18N2O4/c1-2-20-13(17)10-3-5-11(6-4-10)15-14(18)16-12-7-8-19-9-12/h3-6,12H,2,7-9H2,1H3,(H2,15,16,18). The van der Waals surface area contributed by atoms with Gasteiger partial charge in [0.1, 0.15) is 0 Å². The number of carbonyl (C=O) groups is 2. The number of urea groups is 1. The SMILES string of the molecule is CCOC(=O)c1ccc(NC(=O)NC2CCOC2)cc1. The van der Waals surface area contributed by atoms with Crippen molar-refractivity contribution in [2.45, 2.75) is 19.4 Å². The molecule has 6 nitrogen and oxygen atoms in total. The molecule has 1 unspecified atom stereocenters. The van der Waals surface area contributed by atoms with E-state index >= 15 is 0 Å². The second kappa shape index (κ2) is 6.91. The Morgan fingerprint density at radius 2 is 2.10 bits per heavy atom. The first-order chi connectivity index (χ1) is 9.69. The molecule has 0 aromatic heterocycles. The quantitative estimate of drug-likeness (QED) is 0.823. The highest BCUT2D eigenvalue weighted by molar-refractivity contribution is 5.92. The number of anilines is 1. The summed E-state index contributed by atoms with van der Waals surface area (Å²) < 4.78 is 10.1. The predicted octanol–water partition coefficient (Wildman–Crippen LogP) is 1.77. The van der Waals surface area contributed by atoms with Crippen LogP contribution in [-0.2, 0) is 9.47 Å². The van der Waals surface area contributed by atoms with Crippen molar-refractivity contribution in [2.75, 3.05) is 25.1 Å². The summed E-state index contributed by atoms with van der Waals surface area (Å²) in [4.78, 5) is 23.2. The number of hydrogen-bond acceptors (Lipinski definition) is 4. The molecule has 1 heterocycles. The lowest BCUT2D eigenvalue weighted by Crippen LogP contribution is -2.38. The number of carbonyl (C=O) groups excluding carboxylic acids is 2. The number of amides is 2. The molecule has 1 aliphatic rings. The molecule has 1 aliphatic heterocycles. The van der Waals surface area contributed by atoms with Crippen LogP contribution in [-0.4, -0.2) is 37.9 Å². The van der Waals surface area contributed by atoms with Crippen LogP contribution in [0.15, 0.2) is 24.3 Å². The van der Waals surface area contributed by atoms with E-state index in [2.05, 4.69) is 10.6 Å². The summed E-state index contributed by atoms with van der Waals surface area (Å²) in [6.07, 6.45) is 0.829. The minimum Gasteiger partial charge on any atom is -0.462 e. The Balaban J connectivity index is 1.86. The Hall–Kier alpha value is -2.08. The Kier molecular flexibility index (Phi) is 4.95. The van der Waals surface area contributed by atoms with E-state index in [4.69, 9.17) is 9.47 Å². The molecule has 1 aromatic carbocycles. The molecular formula is C14H18N2O4. The van der Waals surface area contributed by atoms with Gasteiger partial charge in [0.15, 0.2) is 0 Å². The minimum absolute atomic E-state index is 0.0637. The fourth-order valence-electron chi connectivity index (χ4n) is 1.90. The van der Waals surface area contributed by atoms with Gasteiger partial charge >= 0.3 is 12.0 Å². The van der Waals surface area contributed by atoms with Gasteiger partial charge in [-0.05, 0) is 37.6 Å². The molecule has 1 aromatic rings. The predicted molar refractivity (Wildman–Crippen MR) is 73.8 cm³/mol. The summed E-state index contributed by atoms with van der Waals surface area (Å²) in [6, 6.07) is 6.35. The van der Waals surface area contributed by atoms with E-state index in [1.54, 1.807) is 31.2 Å². The third-order valence-electron chi connectivity index (χ3n) is 2.92. The molecule has 1 fully saturated rings. The molecule has 2 rings (SSSR count). The molecule has 0 saturated carbocycles. The Morgan fingerprint density at radius 3 is 2.70 bits per heavy atom. The largest absolute Gasteiger partial charge is 0.462 e. The van der Waals surface area contributed by atoms with Gasteiger partial charge in [-0.2, -0.15) is 0 Å². The number of rotatable bonds is 4. The van der Waals surface area contributed by atoms with Crippen LogP contribution in [0.4, 0.5) is 10.5 Å². The van der Waals surface area contributed by atoms with E-state index in [1.807, 2.05) is 0 Å². The zero-order valence-electron chi connectivity index (χ0n) is 11.3. The molecule has 1 saturated heterocycles. The molecule has 108 valence electrons. The lowest BCUT2D eigenvalue weighted by molar-refractivity contribution is 0.0526. The first kappa shape index (κ1) is 14.3. The maximum atomic E-state index is 11.7. The summed E-state index contributed by atoms with van der Waals surface area (Å²) in [5.74, 6) is -0.369. The van der Waals surface area contributed by atoms with Crippen molar-refractivity contribution in [2.24, 2.45) is 0 Å². The lowest BCUT2D eigenvalue weighted by Gasteiger charge is -2.12. The topological polar surface area (TPSA) is 76.7 Å². The van der Waals surface area contributed by atoms with E-state index in [-0.39, 0.29) is 18.0 Å². The zero-order chi connectivity index (χ0) is 14.4. The number of ether oxygens (including phenoxy) is 2. The molecule has 1 atom stereocenters. The summed E-state index contributed by atoms with van der Waals surface area (Å²) in [6.45, 7) is 3.32. The maximum absolute atomic E-state index is 11.7. The second-order valence-corrected chi connectivity index (χ2v) is 4.46. The van der Waals surface area contributed by atoms with Crippen LogP contribution in [0.3, 0.4) is 0 Å². The van der Waals surface area contributed by atoms with Crippen LogP contribution in [0.2, 0.25) is 0 Å². The molecular weight excluding hydrogens is 260 g/mol. The van der Waals surface area contributed by atoms with Gasteiger partial charge in [-0.15, -0.1) is 0 Å². The molecule has 0 radical (unpaired) electrons. The van der Waals surface area contributed by atoms with Crippen LogP contribution in [0.25, 0.3) is 0 Å². The fraction of sp³-hybridized carbons (Fsp3) is 0.429. The summed E-state index contributed by atoms with van der Waals surface area (Å²) >= 11 is 0. The highest BCUT2D eigenvalue weighted by atomic mass is 16.5. The van der Waals surface area contributed by atoms with Gasteiger partial charge in [0.05, 0.1) is 24.8 Å². The van der Waals surface area contributed by atoms with Crippen molar-refractivity contribution < 1.29 is 19.1 Å². The van der Waals surface area contributed by atoms with Gasteiger partial charge < -0.3 is 20.1 Å². The fourth-order valence-corrected chi connectivity index (χ4v) is 1.90. The first-order valence-corrected chi connectivity index (χ1v) is 6.61. The number of nitrogens with one attached hydrogen (secondary N) is 2. The molecule has 0 spiro atoms. The van der Waals surface area contributed by atoms with Crippen LogP contribution in [0.1, 0.15) is 23.7 Å². The molecule has 0 aliphatic carbocycles. The van der Waals surface area contributed by atoms with Gasteiger partial charge in [-0.25, -0.2) is 9.59 Å². The highest BCUT2D eigenvalue weighted by Crippen LogP contribution is 2.11. The van der Waals surface area contributed by atoms with E-state index in [1.165, 1.54) is 0 Å². The smallest absolute Gasteiger partial charge is 0.338 e. The lowest BCUT2D eigenvalue weighted by atomic mass is 10.2. The van der Waals surface area contributed by atoms with E-state index in [0.29, 0.717) is 31.1 Å². The van der Waals surface area contributed by atoms with Crippen molar-refractivity contribution in [3.63, 3.8) is 0 Å². The van der Waals surface area contributed by atoms with Crippen LogP contribution < -0.4 is 10.6 Å². The van der Waals surface area contributed by atoms with Crippen molar-refractivity contribution in [1.29, 1.82) is 0 Å². The van der Waals surface area contributed by atoms with E-state index < -0.39 is 0 Å². The number of hydrogen-bond donors (Lipinski definition) is 2. The van der Waals surface area contributed by atoms with Crippen molar-refractivity contribution >= 4 is 17.7 Å². The average molecular weight is 278 g/mol. The van der Waals surface area contributed by atoms with Gasteiger partial charge in [0, 0.05) is 12.3 Å². The minimum atomic E-state index is -0.369. The average Bonchev–Trinajstić information content (AvgIpc) is 2.92. The Bertz CT molecular complexity index is 467. The third kappa shape index (κ3) is 3.96. The first-order valence-electron chi connectivity index (χ1n) is 6.61. The number of esters is 1. The van der Waals surface area contributed by atoms with Crippen LogP contribution >= 0.6 is 0 Å². The summed E-state index contributed by atoms with van der Waals surface area (Å²) in [5, 5.41) is 5.53. The van der Waals surface area contributed by atoms with E-state index in [9.17, 15) is 9.59 Å². The Labute approximate surface area is 117 Å². The number of benzene rings is 1. The Morgan fingerprint density at radius 1 is 1.35 bits per heavy atom. The van der Waals surface area contributed by atoms with Crippen molar-refractivity contribution in [1.82, 2.24) is 5.32 Å².